The van der Waals surface area contributed by atoms with E-state index in [0.717, 1.165) is 46.4 Å². The lowest BCUT2D eigenvalue weighted by atomic mass is 9.60. The Bertz CT molecular complexity index is 1090. The van der Waals surface area contributed by atoms with Gasteiger partial charge in [0.1, 0.15) is 0 Å². The molecule has 3 aliphatic rings. The van der Waals surface area contributed by atoms with Crippen molar-refractivity contribution in [3.63, 3.8) is 0 Å². The fourth-order valence-electron chi connectivity index (χ4n) is 5.22. The summed E-state index contributed by atoms with van der Waals surface area (Å²) < 4.78 is 1.81. The van der Waals surface area contributed by atoms with Crippen molar-refractivity contribution in [3.8, 4) is 11.1 Å². The maximum atomic E-state index is 13.3. The van der Waals surface area contributed by atoms with E-state index in [9.17, 15) is 4.79 Å². The van der Waals surface area contributed by atoms with Gasteiger partial charge in [0, 0.05) is 42.1 Å². The number of nitrogens with zero attached hydrogens (tertiary/aromatic N) is 4. The number of carbonyl (C=O) groups excluding carboxylic acids is 1. The number of hydrogen-bond donors (Lipinski definition) is 1. The van der Waals surface area contributed by atoms with Gasteiger partial charge in [-0.3, -0.25) is 9.48 Å². The Hall–Kier alpha value is -3.02. The number of hydrogen-bond acceptors (Lipinski definition) is 5. The molecular formula is C23H25N5O. The van der Waals surface area contributed by atoms with Gasteiger partial charge in [-0.25, -0.2) is 0 Å². The van der Waals surface area contributed by atoms with Gasteiger partial charge in [0.15, 0.2) is 11.9 Å². The zero-order valence-corrected chi connectivity index (χ0v) is 17.0. The highest BCUT2D eigenvalue weighted by molar-refractivity contribution is 6.01. The highest BCUT2D eigenvalue weighted by Gasteiger charge is 2.51. The first-order chi connectivity index (χ1) is 14.0. The van der Waals surface area contributed by atoms with E-state index in [-0.39, 0.29) is 11.9 Å². The van der Waals surface area contributed by atoms with Gasteiger partial charge >= 0.3 is 0 Å². The Kier molecular flexibility index (Phi) is 4.05. The fraction of sp³-hybridized carbons (Fsp3) is 0.391. The van der Waals surface area contributed by atoms with Crippen molar-refractivity contribution < 1.29 is 4.79 Å². The summed E-state index contributed by atoms with van der Waals surface area (Å²) in [6.45, 7) is 4.30. The lowest BCUT2D eigenvalue weighted by Gasteiger charge is -2.46. The summed E-state index contributed by atoms with van der Waals surface area (Å²) in [6, 6.07) is 8.52. The summed E-state index contributed by atoms with van der Waals surface area (Å²) in [4.78, 5) is 13.3. The second kappa shape index (κ2) is 6.51. The van der Waals surface area contributed by atoms with Gasteiger partial charge in [-0.1, -0.05) is 32.0 Å². The Morgan fingerprint density at radius 2 is 2.14 bits per heavy atom. The highest BCUT2D eigenvalue weighted by atomic mass is 16.1. The molecule has 2 aliphatic heterocycles. The monoisotopic (exact) mass is 387 g/mol. The van der Waals surface area contributed by atoms with Gasteiger partial charge in [0.2, 0.25) is 0 Å². The van der Waals surface area contributed by atoms with E-state index in [2.05, 4.69) is 58.8 Å². The molecule has 29 heavy (non-hydrogen) atoms. The third kappa shape index (κ3) is 2.62. The molecule has 0 saturated heterocycles. The van der Waals surface area contributed by atoms with Crippen LogP contribution in [0, 0.1) is 5.92 Å². The molecule has 0 amide bonds. The van der Waals surface area contributed by atoms with Crippen LogP contribution in [0.15, 0.2) is 69.9 Å². The standard InChI is InChI=1S/C23H25N5O/c1-4-23(17-7-5-6-15(10-17)16-11-25-28(3)13-16)18-12-24-27-22(18)26-19-8-14(2)9-20(29)21(19)23/h5-7,10-14,22,26H,4,8-9H2,1-3H3/t14-,22?,23-/m1/s1. The maximum Gasteiger partial charge on any atom is 0.164 e. The normalized spacial score (nSPS) is 28.1. The van der Waals surface area contributed by atoms with Crippen molar-refractivity contribution in [1.29, 1.82) is 0 Å². The van der Waals surface area contributed by atoms with E-state index in [4.69, 9.17) is 0 Å². The number of aryl methyl sites for hydroxylation is 1. The van der Waals surface area contributed by atoms with E-state index in [1.807, 2.05) is 30.3 Å². The zero-order valence-electron chi connectivity index (χ0n) is 17.0. The van der Waals surface area contributed by atoms with Crippen LogP contribution in [-0.4, -0.2) is 21.7 Å². The second-order valence-electron chi connectivity index (χ2n) is 8.39. The Labute approximate surface area is 170 Å². The first-order valence-corrected chi connectivity index (χ1v) is 10.3. The number of nitrogens with one attached hydrogen (secondary N) is 1. The summed E-state index contributed by atoms with van der Waals surface area (Å²) >= 11 is 0. The van der Waals surface area contributed by atoms with Crippen LogP contribution >= 0.6 is 0 Å². The van der Waals surface area contributed by atoms with Gasteiger partial charge in [-0.2, -0.15) is 15.3 Å². The molecular weight excluding hydrogens is 362 g/mol. The maximum absolute atomic E-state index is 13.3. The fourth-order valence-corrected chi connectivity index (χ4v) is 5.22. The number of azo groups is 1. The quantitative estimate of drug-likeness (QED) is 0.855. The van der Waals surface area contributed by atoms with E-state index in [1.165, 1.54) is 0 Å². The number of rotatable bonds is 3. The van der Waals surface area contributed by atoms with Crippen molar-refractivity contribution in [1.82, 2.24) is 15.1 Å². The molecule has 3 atom stereocenters. The van der Waals surface area contributed by atoms with E-state index in [0.29, 0.717) is 12.3 Å². The lowest BCUT2D eigenvalue weighted by Crippen LogP contribution is -2.50. The molecule has 0 fully saturated rings. The highest BCUT2D eigenvalue weighted by Crippen LogP contribution is 2.52. The topological polar surface area (TPSA) is 71.6 Å². The largest absolute Gasteiger partial charge is 0.362 e. The SMILES string of the molecule is CC[C@@]1(c2cccc(-c3cnn(C)c3)c2)C2=CN=NC2NC2=C1C(=O)C[C@H](C)C2. The van der Waals surface area contributed by atoms with E-state index >= 15 is 0 Å². The van der Waals surface area contributed by atoms with E-state index in [1.54, 1.807) is 0 Å². The number of Topliss-reactive ketones (excluding diaryl/α,β-unsaturated/α-hetero) is 1. The second-order valence-corrected chi connectivity index (χ2v) is 8.39. The van der Waals surface area contributed by atoms with Crippen LogP contribution < -0.4 is 5.32 Å². The van der Waals surface area contributed by atoms with Gasteiger partial charge in [-0.15, -0.1) is 0 Å². The van der Waals surface area contributed by atoms with Crippen molar-refractivity contribution in [3.05, 3.63) is 65.3 Å². The average molecular weight is 387 g/mol. The number of benzene rings is 1. The van der Waals surface area contributed by atoms with Gasteiger partial charge in [0.05, 0.1) is 17.8 Å². The molecule has 6 heteroatoms. The summed E-state index contributed by atoms with van der Waals surface area (Å²) in [5.74, 6) is 0.583. The molecule has 1 aromatic heterocycles. The van der Waals surface area contributed by atoms with E-state index < -0.39 is 5.41 Å². The van der Waals surface area contributed by atoms with Gasteiger partial charge in [0.25, 0.3) is 0 Å². The molecule has 1 aliphatic carbocycles. The van der Waals surface area contributed by atoms with Crippen molar-refractivity contribution in [2.24, 2.45) is 23.2 Å². The number of fused-ring (bicyclic) bond motifs is 1. The van der Waals surface area contributed by atoms with Crippen LogP contribution in [0.25, 0.3) is 11.1 Å². The van der Waals surface area contributed by atoms with Gasteiger partial charge in [-0.05, 0) is 36.0 Å². The summed E-state index contributed by atoms with van der Waals surface area (Å²) in [7, 11) is 1.92. The zero-order chi connectivity index (χ0) is 20.2. The summed E-state index contributed by atoms with van der Waals surface area (Å²) in [5, 5.41) is 16.5. The predicted molar refractivity (Wildman–Crippen MR) is 111 cm³/mol. The van der Waals surface area contributed by atoms with Crippen LogP contribution in [0.2, 0.25) is 0 Å². The molecule has 0 spiro atoms. The third-order valence-electron chi connectivity index (χ3n) is 6.50. The molecule has 2 aromatic rings. The van der Waals surface area contributed by atoms with Crippen molar-refractivity contribution in [2.45, 2.75) is 44.7 Å². The van der Waals surface area contributed by atoms with Crippen molar-refractivity contribution in [2.75, 3.05) is 0 Å². The smallest absolute Gasteiger partial charge is 0.164 e. The Balaban J connectivity index is 1.73. The third-order valence-corrected chi connectivity index (χ3v) is 6.50. The van der Waals surface area contributed by atoms with Gasteiger partial charge < -0.3 is 5.32 Å². The molecule has 0 radical (unpaired) electrons. The number of ketones is 1. The molecule has 148 valence electrons. The minimum atomic E-state index is -0.496. The Morgan fingerprint density at radius 3 is 2.90 bits per heavy atom. The van der Waals surface area contributed by atoms with Crippen LogP contribution in [0.4, 0.5) is 0 Å². The van der Waals surface area contributed by atoms with Crippen molar-refractivity contribution >= 4 is 5.78 Å². The molecule has 0 bridgehead atoms. The molecule has 0 saturated carbocycles. The number of allylic oxidation sites excluding steroid dienone is 2. The van der Waals surface area contributed by atoms with Crippen LogP contribution in [-0.2, 0) is 17.3 Å². The molecule has 1 unspecified atom stereocenters. The minimum absolute atomic E-state index is 0.186. The molecule has 6 nitrogen and oxygen atoms in total. The van der Waals surface area contributed by atoms with Crippen LogP contribution in [0.5, 0.6) is 0 Å². The number of carbonyl (C=O) groups is 1. The first kappa shape index (κ1) is 18.0. The molecule has 5 rings (SSSR count). The first-order valence-electron chi connectivity index (χ1n) is 10.3. The Morgan fingerprint density at radius 1 is 1.28 bits per heavy atom. The molecule has 3 heterocycles. The summed E-state index contributed by atoms with van der Waals surface area (Å²) in [5.41, 5.74) is 5.83. The van der Waals surface area contributed by atoms with Crippen LogP contribution in [0.3, 0.4) is 0 Å². The minimum Gasteiger partial charge on any atom is -0.362 e. The molecule has 1 N–H and O–H groups in total. The average Bonchev–Trinajstić information content (AvgIpc) is 3.35. The molecule has 1 aromatic carbocycles. The van der Waals surface area contributed by atoms with Crippen LogP contribution in [0.1, 0.15) is 38.7 Å². The predicted octanol–water partition coefficient (Wildman–Crippen LogP) is 4.27. The number of aromatic nitrogens is 2. The lowest BCUT2D eigenvalue weighted by molar-refractivity contribution is -0.117. The summed E-state index contributed by atoms with van der Waals surface area (Å²) in [6.07, 6.45) is 7.82.